The third-order valence-corrected chi connectivity index (χ3v) is 8.95. The van der Waals surface area contributed by atoms with Crippen molar-refractivity contribution < 1.29 is 0 Å². The average molecular weight is 590 g/mol. The van der Waals surface area contributed by atoms with Gasteiger partial charge in [-0.2, -0.15) is 4.98 Å². The number of fused-ring (bicyclic) bond motifs is 1. The Kier molecular flexibility index (Phi) is 7.51. The van der Waals surface area contributed by atoms with Crippen LogP contribution in [0.4, 0.5) is 17.3 Å². The number of aromatic nitrogens is 6. The van der Waals surface area contributed by atoms with Gasteiger partial charge in [0.25, 0.3) is 5.56 Å². The fourth-order valence-electron chi connectivity index (χ4n) is 6.52. The number of nitrogens with one attached hydrogen (secondary N) is 2. The van der Waals surface area contributed by atoms with Gasteiger partial charge in [0, 0.05) is 67.4 Å². The van der Waals surface area contributed by atoms with Gasteiger partial charge in [0.15, 0.2) is 0 Å². The Labute approximate surface area is 257 Å². The number of imidazole rings is 1. The quantitative estimate of drug-likeness (QED) is 0.250. The summed E-state index contributed by atoms with van der Waals surface area (Å²) in [6, 6.07) is 12.7. The molecular weight excluding hydrogens is 550 g/mol. The van der Waals surface area contributed by atoms with Gasteiger partial charge in [0.2, 0.25) is 5.95 Å². The second-order valence-corrected chi connectivity index (χ2v) is 12.1. The zero-order valence-electron chi connectivity index (χ0n) is 25.6. The van der Waals surface area contributed by atoms with Crippen molar-refractivity contribution in [3.8, 4) is 11.4 Å². The van der Waals surface area contributed by atoms with Gasteiger partial charge < -0.3 is 24.7 Å². The molecule has 1 saturated heterocycles. The molecule has 1 aliphatic carbocycles. The number of hydrogen-bond donors (Lipinski definition) is 2. The topological polar surface area (TPSA) is 97.8 Å². The lowest BCUT2D eigenvalue weighted by atomic mass is 10.1. The van der Waals surface area contributed by atoms with Crippen molar-refractivity contribution in [1.29, 1.82) is 0 Å². The van der Waals surface area contributed by atoms with E-state index in [0.29, 0.717) is 35.6 Å². The lowest BCUT2D eigenvalue weighted by Gasteiger charge is -2.30. The third-order valence-electron chi connectivity index (χ3n) is 8.95. The monoisotopic (exact) mass is 589 g/mol. The fourth-order valence-corrected chi connectivity index (χ4v) is 6.52. The standard InChI is InChI=1S/C34H39N9O/c1-40-16-13-28(14-17-40)37-26-8-10-27(11-9-26)38-34-36-21-25-20-29(32-35-15-19-42(32)3)33(44)43(31(25)39-34)22-24-12-18-41(2)30(24)23-6-4-5-7-23/h6,8-12,15,18-21,28,37H,4-5,7,13-14,16-17,22H2,1-3H3,(H,36,38,39). The lowest BCUT2D eigenvalue weighted by Crippen LogP contribution is -2.36. The molecule has 226 valence electrons. The minimum atomic E-state index is -0.129. The minimum absolute atomic E-state index is 0.129. The molecule has 4 aromatic heterocycles. The maximum absolute atomic E-state index is 14.2. The average Bonchev–Trinajstić information content (AvgIpc) is 3.78. The Morgan fingerprint density at radius 1 is 0.955 bits per heavy atom. The highest BCUT2D eigenvalue weighted by Gasteiger charge is 2.21. The summed E-state index contributed by atoms with van der Waals surface area (Å²) in [6.07, 6.45) is 15.3. The number of piperidine rings is 1. The highest BCUT2D eigenvalue weighted by Crippen LogP contribution is 2.31. The molecule has 5 heterocycles. The maximum Gasteiger partial charge on any atom is 0.263 e. The summed E-state index contributed by atoms with van der Waals surface area (Å²) in [5, 5.41) is 7.80. The minimum Gasteiger partial charge on any atom is -0.382 e. The summed E-state index contributed by atoms with van der Waals surface area (Å²) >= 11 is 0. The van der Waals surface area contributed by atoms with E-state index in [1.165, 1.54) is 11.3 Å². The Morgan fingerprint density at radius 3 is 2.48 bits per heavy atom. The van der Waals surface area contributed by atoms with Crippen molar-refractivity contribution in [3.05, 3.63) is 88.9 Å². The van der Waals surface area contributed by atoms with E-state index in [1.54, 1.807) is 17.0 Å². The second-order valence-electron chi connectivity index (χ2n) is 12.1. The van der Waals surface area contributed by atoms with E-state index in [4.69, 9.17) is 4.98 Å². The van der Waals surface area contributed by atoms with Crippen LogP contribution >= 0.6 is 0 Å². The number of anilines is 3. The van der Waals surface area contributed by atoms with Gasteiger partial charge in [-0.15, -0.1) is 0 Å². The van der Waals surface area contributed by atoms with E-state index in [9.17, 15) is 4.79 Å². The number of likely N-dealkylation sites (tertiary alicyclic amines) is 1. The number of pyridine rings is 1. The van der Waals surface area contributed by atoms with E-state index in [0.717, 1.165) is 67.5 Å². The van der Waals surface area contributed by atoms with Crippen molar-refractivity contribution in [3.63, 3.8) is 0 Å². The van der Waals surface area contributed by atoms with Crippen molar-refractivity contribution in [2.24, 2.45) is 14.1 Å². The maximum atomic E-state index is 14.2. The zero-order chi connectivity index (χ0) is 30.2. The van der Waals surface area contributed by atoms with Gasteiger partial charge >= 0.3 is 0 Å². The predicted molar refractivity (Wildman–Crippen MR) is 176 cm³/mol. The van der Waals surface area contributed by atoms with Crippen LogP contribution in [0.5, 0.6) is 0 Å². The van der Waals surface area contributed by atoms with Crippen molar-refractivity contribution >= 4 is 33.9 Å². The number of nitrogens with zero attached hydrogens (tertiary/aromatic N) is 7. The van der Waals surface area contributed by atoms with Gasteiger partial charge in [0.1, 0.15) is 11.5 Å². The summed E-state index contributed by atoms with van der Waals surface area (Å²) in [5.74, 6) is 1.06. The molecule has 0 spiro atoms. The largest absolute Gasteiger partial charge is 0.382 e. The molecule has 1 aliphatic heterocycles. The molecular formula is C34H39N9O. The van der Waals surface area contributed by atoms with Crippen LogP contribution in [-0.4, -0.2) is 59.7 Å². The molecule has 0 saturated carbocycles. The van der Waals surface area contributed by atoms with Crippen LogP contribution in [0.3, 0.4) is 0 Å². The van der Waals surface area contributed by atoms with Crippen molar-refractivity contribution in [2.75, 3.05) is 30.8 Å². The van der Waals surface area contributed by atoms with Gasteiger partial charge in [-0.1, -0.05) is 6.08 Å². The van der Waals surface area contributed by atoms with E-state index in [-0.39, 0.29) is 5.56 Å². The Morgan fingerprint density at radius 2 is 1.75 bits per heavy atom. The molecule has 2 aliphatic rings. The fraction of sp³-hybridized carbons (Fsp3) is 0.353. The molecule has 10 nitrogen and oxygen atoms in total. The van der Waals surface area contributed by atoms with E-state index in [2.05, 4.69) is 74.6 Å². The Bertz CT molecular complexity index is 1890. The first-order chi connectivity index (χ1) is 21.4. The zero-order valence-corrected chi connectivity index (χ0v) is 25.6. The number of benzene rings is 1. The van der Waals surface area contributed by atoms with Gasteiger partial charge in [-0.05, 0) is 99.8 Å². The van der Waals surface area contributed by atoms with Crippen LogP contribution in [0.1, 0.15) is 43.4 Å². The number of aryl methyl sites for hydroxylation is 2. The number of hydrogen-bond acceptors (Lipinski definition) is 7. The summed E-state index contributed by atoms with van der Waals surface area (Å²) in [6.45, 7) is 2.64. The molecule has 0 bridgehead atoms. The Balaban J connectivity index is 1.22. The highest BCUT2D eigenvalue weighted by atomic mass is 16.1. The molecule has 0 unspecified atom stereocenters. The normalized spacial score (nSPS) is 16.0. The summed E-state index contributed by atoms with van der Waals surface area (Å²) < 4.78 is 5.80. The van der Waals surface area contributed by atoms with Crippen LogP contribution in [0, 0.1) is 0 Å². The van der Waals surface area contributed by atoms with E-state index < -0.39 is 0 Å². The van der Waals surface area contributed by atoms with Crippen LogP contribution in [0.2, 0.25) is 0 Å². The molecule has 1 aromatic carbocycles. The molecule has 7 rings (SSSR count). The van der Waals surface area contributed by atoms with Gasteiger partial charge in [-0.3, -0.25) is 9.36 Å². The first-order valence-electron chi connectivity index (χ1n) is 15.5. The molecule has 1 fully saturated rings. The molecule has 0 radical (unpaired) electrons. The Hall–Kier alpha value is -4.70. The van der Waals surface area contributed by atoms with Gasteiger partial charge in [-0.25, -0.2) is 9.97 Å². The molecule has 5 aromatic rings. The SMILES string of the molecule is CN1CCC(Nc2ccc(Nc3ncc4cc(-c5nccn5C)c(=O)n(Cc5ccn(C)c5C5=CCCC5)c4n3)cc2)CC1. The molecule has 10 heteroatoms. The van der Waals surface area contributed by atoms with Crippen LogP contribution in [0.15, 0.2) is 72.1 Å². The second kappa shape index (κ2) is 11.8. The molecule has 0 atom stereocenters. The lowest BCUT2D eigenvalue weighted by molar-refractivity contribution is 0.264. The highest BCUT2D eigenvalue weighted by molar-refractivity contribution is 5.81. The molecule has 0 amide bonds. The van der Waals surface area contributed by atoms with Gasteiger partial charge in [0.05, 0.1) is 12.1 Å². The smallest absolute Gasteiger partial charge is 0.263 e. The summed E-state index contributed by atoms with van der Waals surface area (Å²) in [4.78, 5) is 30.6. The summed E-state index contributed by atoms with van der Waals surface area (Å²) in [7, 11) is 6.15. The van der Waals surface area contributed by atoms with E-state index >= 15 is 0 Å². The molecule has 2 N–H and O–H groups in total. The van der Waals surface area contributed by atoms with Crippen LogP contribution < -0.4 is 16.2 Å². The van der Waals surface area contributed by atoms with E-state index in [1.807, 2.05) is 36.0 Å². The molecule has 44 heavy (non-hydrogen) atoms. The first-order valence-corrected chi connectivity index (χ1v) is 15.5. The first kappa shape index (κ1) is 28.1. The summed E-state index contributed by atoms with van der Waals surface area (Å²) in [5.41, 5.74) is 6.60. The van der Waals surface area contributed by atoms with Crippen molar-refractivity contribution in [2.45, 2.75) is 44.7 Å². The van der Waals surface area contributed by atoms with Crippen LogP contribution in [-0.2, 0) is 20.6 Å². The third kappa shape index (κ3) is 5.53. The van der Waals surface area contributed by atoms with Crippen LogP contribution in [0.25, 0.3) is 28.0 Å². The predicted octanol–water partition coefficient (Wildman–Crippen LogP) is 5.40. The van der Waals surface area contributed by atoms with Crippen molar-refractivity contribution in [1.82, 2.24) is 33.6 Å². The number of allylic oxidation sites excluding steroid dienone is 2. The number of rotatable bonds is 8.